The van der Waals surface area contributed by atoms with Crippen molar-refractivity contribution in [1.29, 1.82) is 0 Å². The van der Waals surface area contributed by atoms with E-state index in [9.17, 15) is 13.2 Å². The summed E-state index contributed by atoms with van der Waals surface area (Å²) in [6.07, 6.45) is 8.51. The van der Waals surface area contributed by atoms with Crippen molar-refractivity contribution in [1.82, 2.24) is 24.2 Å². The minimum Gasteiger partial charge on any atom is -0.359 e. The minimum absolute atomic E-state index is 0.108. The third-order valence-electron chi connectivity index (χ3n) is 6.30. The van der Waals surface area contributed by atoms with Crippen LogP contribution < -0.4 is 0 Å². The van der Waals surface area contributed by atoms with Crippen LogP contribution in [0.15, 0.2) is 36.5 Å². The molecule has 0 spiro atoms. The van der Waals surface area contributed by atoms with Gasteiger partial charge in [0.2, 0.25) is 15.9 Å². The SMILES string of the molecule is CCC/C=C/c1ccc(CN2C(CC(C)C)C(=O)N(Cc3cn(CCOCOC)nn3)CCS2(=O)=O)cc1. The predicted octanol–water partition coefficient (Wildman–Crippen LogP) is 3.30. The monoisotopic (exact) mass is 547 g/mol. The molecule has 1 aromatic heterocycles. The van der Waals surface area contributed by atoms with Gasteiger partial charge in [-0.15, -0.1) is 5.10 Å². The van der Waals surface area contributed by atoms with E-state index in [2.05, 4.69) is 29.4 Å². The summed E-state index contributed by atoms with van der Waals surface area (Å²) in [7, 11) is -2.11. The lowest BCUT2D eigenvalue weighted by Gasteiger charge is -2.30. The molecule has 0 bridgehead atoms. The molecule has 11 heteroatoms. The summed E-state index contributed by atoms with van der Waals surface area (Å²) in [5.41, 5.74) is 2.53. The number of aromatic nitrogens is 3. The number of hydrogen-bond acceptors (Lipinski definition) is 7. The number of carbonyl (C=O) groups excluding carboxylic acids is 1. The number of carbonyl (C=O) groups is 1. The summed E-state index contributed by atoms with van der Waals surface area (Å²) in [6.45, 7) is 7.72. The maximum Gasteiger partial charge on any atom is 0.241 e. The Morgan fingerprint density at radius 3 is 2.63 bits per heavy atom. The third-order valence-corrected chi connectivity index (χ3v) is 8.10. The molecule has 10 nitrogen and oxygen atoms in total. The van der Waals surface area contributed by atoms with Gasteiger partial charge >= 0.3 is 0 Å². The molecule has 0 aliphatic carbocycles. The molecule has 1 aliphatic rings. The van der Waals surface area contributed by atoms with Crippen molar-refractivity contribution in [3.05, 3.63) is 53.4 Å². The number of rotatable bonds is 14. The van der Waals surface area contributed by atoms with E-state index in [1.54, 1.807) is 22.9 Å². The zero-order valence-corrected chi connectivity index (χ0v) is 23.8. The number of sulfonamides is 1. The first-order chi connectivity index (χ1) is 18.2. The summed E-state index contributed by atoms with van der Waals surface area (Å²) in [6, 6.07) is 7.08. The zero-order chi connectivity index (χ0) is 27.5. The summed E-state index contributed by atoms with van der Waals surface area (Å²) in [4.78, 5) is 15.3. The molecule has 1 fully saturated rings. The minimum atomic E-state index is -3.66. The van der Waals surface area contributed by atoms with E-state index in [4.69, 9.17) is 9.47 Å². The second-order valence-corrected chi connectivity index (χ2v) is 12.0. The van der Waals surface area contributed by atoms with Gasteiger partial charge in [-0.1, -0.05) is 68.8 Å². The van der Waals surface area contributed by atoms with E-state index in [0.717, 1.165) is 24.0 Å². The van der Waals surface area contributed by atoms with Crippen molar-refractivity contribution >= 4 is 22.0 Å². The Bertz CT molecular complexity index is 1150. The van der Waals surface area contributed by atoms with Crippen LogP contribution in [0, 0.1) is 5.92 Å². The van der Waals surface area contributed by atoms with E-state index in [1.165, 1.54) is 4.31 Å². The van der Waals surface area contributed by atoms with Gasteiger partial charge in [-0.25, -0.2) is 13.1 Å². The Morgan fingerprint density at radius 2 is 1.95 bits per heavy atom. The van der Waals surface area contributed by atoms with Crippen LogP contribution in [0.2, 0.25) is 0 Å². The van der Waals surface area contributed by atoms with Gasteiger partial charge in [0.05, 0.1) is 31.6 Å². The highest BCUT2D eigenvalue weighted by atomic mass is 32.2. The van der Waals surface area contributed by atoms with Crippen molar-refractivity contribution in [3.8, 4) is 0 Å². The van der Waals surface area contributed by atoms with Gasteiger partial charge in [-0.2, -0.15) is 4.31 Å². The normalized spacial score (nSPS) is 18.5. The van der Waals surface area contributed by atoms with E-state index >= 15 is 0 Å². The molecule has 1 amide bonds. The van der Waals surface area contributed by atoms with Crippen LogP contribution >= 0.6 is 0 Å². The number of amides is 1. The standard InChI is InChI=1S/C27H41N5O5S/c1-5-6-7-8-23-9-11-24(12-10-23)18-32-26(17-22(2)3)27(33)30(14-16-38(32,34)35)19-25-20-31(29-28-25)13-15-37-21-36-4/h7-12,20,22,26H,5-6,13-19,21H2,1-4H3/b8-7+. The molecular weight excluding hydrogens is 506 g/mol. The lowest BCUT2D eigenvalue weighted by atomic mass is 10.0. The molecule has 0 radical (unpaired) electrons. The predicted molar refractivity (Wildman–Crippen MR) is 146 cm³/mol. The molecule has 1 unspecified atom stereocenters. The van der Waals surface area contributed by atoms with E-state index < -0.39 is 16.1 Å². The molecule has 1 saturated heterocycles. The largest absolute Gasteiger partial charge is 0.359 e. The Hall–Kier alpha value is -2.60. The molecule has 2 heterocycles. The Balaban J connectivity index is 1.76. The van der Waals surface area contributed by atoms with Gasteiger partial charge in [0.1, 0.15) is 18.5 Å². The van der Waals surface area contributed by atoms with Crippen molar-refractivity contribution in [2.45, 2.75) is 65.7 Å². The smallest absolute Gasteiger partial charge is 0.241 e. The van der Waals surface area contributed by atoms with Crippen LogP contribution in [0.25, 0.3) is 6.08 Å². The number of unbranched alkanes of at least 4 members (excludes halogenated alkanes) is 1. The maximum atomic E-state index is 13.7. The van der Waals surface area contributed by atoms with Crippen molar-refractivity contribution in [3.63, 3.8) is 0 Å². The fraction of sp³-hybridized carbons (Fsp3) is 0.593. The first-order valence-electron chi connectivity index (χ1n) is 13.2. The quantitative estimate of drug-likeness (QED) is 0.264. The summed E-state index contributed by atoms with van der Waals surface area (Å²) >= 11 is 0. The van der Waals surface area contributed by atoms with Gasteiger partial charge in [0.25, 0.3) is 0 Å². The Morgan fingerprint density at radius 1 is 1.18 bits per heavy atom. The summed E-state index contributed by atoms with van der Waals surface area (Å²) < 4.78 is 40.1. The second-order valence-electron chi connectivity index (χ2n) is 9.99. The first-order valence-corrected chi connectivity index (χ1v) is 14.8. The van der Waals surface area contributed by atoms with Gasteiger partial charge in [0.15, 0.2) is 0 Å². The third kappa shape index (κ3) is 8.72. The van der Waals surface area contributed by atoms with Crippen LogP contribution in [0.3, 0.4) is 0 Å². The van der Waals surface area contributed by atoms with Gasteiger partial charge < -0.3 is 14.4 Å². The van der Waals surface area contributed by atoms with Crippen LogP contribution in [0.4, 0.5) is 0 Å². The summed E-state index contributed by atoms with van der Waals surface area (Å²) in [5, 5.41) is 8.28. The molecule has 210 valence electrons. The molecule has 38 heavy (non-hydrogen) atoms. The highest BCUT2D eigenvalue weighted by Gasteiger charge is 2.41. The number of nitrogens with zero attached hydrogens (tertiary/aromatic N) is 5. The highest BCUT2D eigenvalue weighted by Crippen LogP contribution is 2.25. The molecule has 0 N–H and O–H groups in total. The van der Waals surface area contributed by atoms with Gasteiger partial charge in [-0.05, 0) is 29.9 Å². The van der Waals surface area contributed by atoms with E-state index in [1.807, 2.05) is 38.1 Å². The molecule has 0 saturated carbocycles. The van der Waals surface area contributed by atoms with Crippen LogP contribution in [0.5, 0.6) is 0 Å². The molecule has 3 rings (SSSR count). The fourth-order valence-electron chi connectivity index (χ4n) is 4.33. The topological polar surface area (TPSA) is 107 Å². The molecule has 1 aromatic carbocycles. The average molecular weight is 548 g/mol. The Kier molecular flexibility index (Phi) is 11.4. The van der Waals surface area contributed by atoms with Crippen molar-refractivity contribution < 1.29 is 22.7 Å². The van der Waals surface area contributed by atoms with E-state index in [0.29, 0.717) is 25.3 Å². The number of hydrogen-bond donors (Lipinski definition) is 0. The van der Waals surface area contributed by atoms with Crippen LogP contribution in [-0.2, 0) is 43.9 Å². The average Bonchev–Trinajstić information content (AvgIpc) is 3.31. The van der Waals surface area contributed by atoms with Gasteiger partial charge in [-0.3, -0.25) is 4.79 Å². The number of methoxy groups -OCH3 is 1. The molecule has 2 aromatic rings. The summed E-state index contributed by atoms with van der Waals surface area (Å²) in [5.74, 6) is -0.193. The van der Waals surface area contributed by atoms with Crippen LogP contribution in [-0.4, -0.2) is 77.4 Å². The first kappa shape index (κ1) is 29.9. The van der Waals surface area contributed by atoms with Crippen molar-refractivity contribution in [2.75, 3.05) is 32.8 Å². The van der Waals surface area contributed by atoms with E-state index in [-0.39, 0.29) is 44.0 Å². The van der Waals surface area contributed by atoms with Gasteiger partial charge in [0, 0.05) is 20.2 Å². The van der Waals surface area contributed by atoms with Crippen molar-refractivity contribution in [2.24, 2.45) is 5.92 Å². The molecular formula is C27H41N5O5S. The molecule has 1 atom stereocenters. The highest BCUT2D eigenvalue weighted by molar-refractivity contribution is 7.89. The number of benzene rings is 1. The number of ether oxygens (including phenoxy) is 2. The number of allylic oxidation sites excluding steroid dienone is 1. The lowest BCUT2D eigenvalue weighted by Crippen LogP contribution is -2.47. The van der Waals surface area contributed by atoms with Crippen LogP contribution in [0.1, 0.15) is 56.9 Å². The fourth-order valence-corrected chi connectivity index (χ4v) is 5.92. The maximum absolute atomic E-state index is 13.7. The Labute approximate surface area is 226 Å². The second kappa shape index (κ2) is 14.5. The molecule has 1 aliphatic heterocycles. The zero-order valence-electron chi connectivity index (χ0n) is 23.0. The lowest BCUT2D eigenvalue weighted by molar-refractivity contribution is -0.136.